The summed E-state index contributed by atoms with van der Waals surface area (Å²) in [4.78, 5) is 14.3. The van der Waals surface area contributed by atoms with E-state index in [-0.39, 0.29) is 0 Å². The summed E-state index contributed by atoms with van der Waals surface area (Å²) in [6.07, 6.45) is 3.66. The second-order valence-electron chi connectivity index (χ2n) is 3.27. The maximum Gasteiger partial charge on any atom is 0.217 e. The first-order valence-corrected chi connectivity index (χ1v) is 4.75. The normalized spacial score (nSPS) is 18.3. The summed E-state index contributed by atoms with van der Waals surface area (Å²) in [6.45, 7) is 0. The monoisotopic (exact) mass is 243 g/mol. The van der Waals surface area contributed by atoms with Crippen molar-refractivity contribution in [2.45, 2.75) is 18.3 Å². The van der Waals surface area contributed by atoms with Gasteiger partial charge >= 0.3 is 0 Å². The molecule has 0 saturated heterocycles. The number of nitrogens with zero attached hydrogens (tertiary/aromatic N) is 1. The Morgan fingerprint density at radius 1 is 1.62 bits per heavy atom. The van der Waals surface area contributed by atoms with Crippen LogP contribution in [0.4, 0.5) is 4.39 Å². The average Bonchev–Trinajstić information content (AvgIpc) is 2.90. The highest BCUT2D eigenvalue weighted by Gasteiger charge is 2.46. The van der Waals surface area contributed by atoms with Crippen LogP contribution in [0, 0.1) is 5.95 Å². The zero-order chi connectivity index (χ0) is 9.47. The maximum atomic E-state index is 13.2. The number of pyridine rings is 1. The van der Waals surface area contributed by atoms with Crippen LogP contribution in [0.2, 0.25) is 0 Å². The van der Waals surface area contributed by atoms with Gasteiger partial charge in [-0.2, -0.15) is 4.39 Å². The third-order valence-corrected chi connectivity index (χ3v) is 2.79. The first kappa shape index (κ1) is 8.81. The average molecular weight is 244 g/mol. The molecule has 0 N–H and O–H groups in total. The summed E-state index contributed by atoms with van der Waals surface area (Å²) in [5.41, 5.74) is -0.169. The minimum Gasteiger partial charge on any atom is -0.302 e. The van der Waals surface area contributed by atoms with Crippen molar-refractivity contribution in [2.75, 3.05) is 0 Å². The van der Waals surface area contributed by atoms with E-state index in [0.29, 0.717) is 10.0 Å². The number of hydrogen-bond acceptors (Lipinski definition) is 2. The smallest absolute Gasteiger partial charge is 0.217 e. The number of rotatable bonds is 2. The van der Waals surface area contributed by atoms with E-state index in [9.17, 15) is 9.18 Å². The zero-order valence-corrected chi connectivity index (χ0v) is 8.34. The Balaban J connectivity index is 2.50. The number of hydrogen-bond donors (Lipinski definition) is 0. The van der Waals surface area contributed by atoms with Crippen LogP contribution in [0.1, 0.15) is 18.4 Å². The van der Waals surface area contributed by atoms with Gasteiger partial charge in [-0.05, 0) is 34.8 Å². The van der Waals surface area contributed by atoms with Crippen LogP contribution < -0.4 is 0 Å². The highest BCUT2D eigenvalue weighted by molar-refractivity contribution is 9.10. The molecule has 1 aliphatic rings. The van der Waals surface area contributed by atoms with Gasteiger partial charge in [0.25, 0.3) is 0 Å². The number of halogens is 2. The van der Waals surface area contributed by atoms with Crippen LogP contribution in [0.3, 0.4) is 0 Å². The van der Waals surface area contributed by atoms with E-state index in [2.05, 4.69) is 20.9 Å². The number of carbonyl (C=O) groups excluding carboxylic acids is 1. The van der Waals surface area contributed by atoms with Crippen molar-refractivity contribution in [3.8, 4) is 0 Å². The number of aldehydes is 1. The first-order valence-electron chi connectivity index (χ1n) is 3.96. The molecule has 13 heavy (non-hydrogen) atoms. The fourth-order valence-corrected chi connectivity index (χ4v) is 1.69. The number of carbonyl (C=O) groups is 1. The summed E-state index contributed by atoms with van der Waals surface area (Å²) < 4.78 is 13.9. The van der Waals surface area contributed by atoms with Gasteiger partial charge in [-0.3, -0.25) is 0 Å². The van der Waals surface area contributed by atoms with Crippen LogP contribution in [0.25, 0.3) is 0 Å². The van der Waals surface area contributed by atoms with Crippen LogP contribution in [-0.4, -0.2) is 11.3 Å². The molecule has 2 rings (SSSR count). The number of aromatic nitrogens is 1. The summed E-state index contributed by atoms with van der Waals surface area (Å²) in [5.74, 6) is -0.534. The maximum absolute atomic E-state index is 13.2. The summed E-state index contributed by atoms with van der Waals surface area (Å²) in [5, 5.41) is 0. The van der Waals surface area contributed by atoms with E-state index >= 15 is 0 Å². The van der Waals surface area contributed by atoms with Crippen molar-refractivity contribution in [3.63, 3.8) is 0 Å². The Morgan fingerprint density at radius 2 is 2.31 bits per heavy atom. The lowest BCUT2D eigenvalue weighted by molar-refractivity contribution is -0.109. The molecule has 0 aliphatic heterocycles. The predicted molar refractivity (Wildman–Crippen MR) is 48.9 cm³/mol. The van der Waals surface area contributed by atoms with E-state index in [4.69, 9.17) is 0 Å². The summed E-state index contributed by atoms with van der Waals surface area (Å²) in [6, 6.07) is 1.63. The molecule has 0 unspecified atom stereocenters. The quantitative estimate of drug-likeness (QED) is 0.589. The topological polar surface area (TPSA) is 30.0 Å². The minimum absolute atomic E-state index is 0.414. The molecule has 1 saturated carbocycles. The molecule has 4 heteroatoms. The third-order valence-electron chi connectivity index (χ3n) is 2.36. The Kier molecular flexibility index (Phi) is 1.95. The Morgan fingerprint density at radius 3 is 2.85 bits per heavy atom. The van der Waals surface area contributed by atoms with Gasteiger partial charge < -0.3 is 4.79 Å². The van der Waals surface area contributed by atoms with Crippen LogP contribution in [-0.2, 0) is 10.2 Å². The molecule has 1 aromatic rings. The van der Waals surface area contributed by atoms with Gasteiger partial charge in [-0.1, -0.05) is 0 Å². The van der Waals surface area contributed by atoms with Crippen molar-refractivity contribution in [3.05, 3.63) is 28.2 Å². The summed E-state index contributed by atoms with van der Waals surface area (Å²) in [7, 11) is 0. The SMILES string of the molecule is O=CC1(c2cc(Br)cnc2F)CC1. The first-order chi connectivity index (χ1) is 6.18. The molecule has 2 nitrogen and oxygen atoms in total. The molecule has 0 spiro atoms. The van der Waals surface area contributed by atoms with Crippen molar-refractivity contribution in [1.29, 1.82) is 0 Å². The van der Waals surface area contributed by atoms with Gasteiger partial charge in [-0.15, -0.1) is 0 Å². The molecule has 1 aliphatic carbocycles. The largest absolute Gasteiger partial charge is 0.302 e. The van der Waals surface area contributed by atoms with Crippen LogP contribution in [0.15, 0.2) is 16.7 Å². The molecule has 1 aromatic heterocycles. The van der Waals surface area contributed by atoms with Crippen LogP contribution in [0.5, 0.6) is 0 Å². The molecule has 1 heterocycles. The van der Waals surface area contributed by atoms with Gasteiger partial charge in [0, 0.05) is 16.2 Å². The molecule has 0 amide bonds. The fraction of sp³-hybridized carbons (Fsp3) is 0.333. The van der Waals surface area contributed by atoms with E-state index in [1.54, 1.807) is 6.07 Å². The fourth-order valence-electron chi connectivity index (χ4n) is 1.36. The zero-order valence-electron chi connectivity index (χ0n) is 6.76. The van der Waals surface area contributed by atoms with Crippen molar-refractivity contribution < 1.29 is 9.18 Å². The second kappa shape index (κ2) is 2.87. The van der Waals surface area contributed by atoms with Gasteiger partial charge in [0.1, 0.15) is 6.29 Å². The Hall–Kier alpha value is -0.770. The standard InChI is InChI=1S/C9H7BrFNO/c10-6-3-7(8(11)12-4-6)9(5-13)1-2-9/h3-5H,1-2H2. The van der Waals surface area contributed by atoms with Gasteiger partial charge in [0.05, 0.1) is 5.41 Å². The minimum atomic E-state index is -0.582. The molecule has 0 aromatic carbocycles. The highest BCUT2D eigenvalue weighted by Crippen LogP contribution is 2.47. The Bertz CT molecular complexity index is 363. The highest BCUT2D eigenvalue weighted by atomic mass is 79.9. The van der Waals surface area contributed by atoms with Gasteiger partial charge in [0.2, 0.25) is 5.95 Å². The molecule has 1 fully saturated rings. The molecule has 0 bridgehead atoms. The van der Waals surface area contributed by atoms with E-state index in [0.717, 1.165) is 19.1 Å². The van der Waals surface area contributed by atoms with Crippen molar-refractivity contribution >= 4 is 22.2 Å². The van der Waals surface area contributed by atoms with E-state index < -0.39 is 11.4 Å². The lowest BCUT2D eigenvalue weighted by Crippen LogP contribution is -2.11. The summed E-state index contributed by atoms with van der Waals surface area (Å²) >= 11 is 3.20. The van der Waals surface area contributed by atoms with Gasteiger partial charge in [-0.25, -0.2) is 4.98 Å². The van der Waals surface area contributed by atoms with Crippen molar-refractivity contribution in [2.24, 2.45) is 0 Å². The second-order valence-corrected chi connectivity index (χ2v) is 4.18. The Labute approximate surface area is 83.3 Å². The van der Waals surface area contributed by atoms with Crippen LogP contribution >= 0.6 is 15.9 Å². The molecule has 0 radical (unpaired) electrons. The predicted octanol–water partition coefficient (Wildman–Crippen LogP) is 2.21. The molecular weight excluding hydrogens is 237 g/mol. The lowest BCUT2D eigenvalue weighted by Gasteiger charge is -2.07. The van der Waals surface area contributed by atoms with Crippen molar-refractivity contribution in [1.82, 2.24) is 4.98 Å². The third kappa shape index (κ3) is 1.39. The van der Waals surface area contributed by atoms with E-state index in [1.807, 2.05) is 0 Å². The molecular formula is C9H7BrFNO. The van der Waals surface area contributed by atoms with Gasteiger partial charge in [0.15, 0.2) is 0 Å². The lowest BCUT2D eigenvalue weighted by atomic mass is 10.00. The molecule has 68 valence electrons. The van der Waals surface area contributed by atoms with E-state index in [1.165, 1.54) is 6.20 Å². The molecule has 0 atom stereocenters.